The number of carbonyl (C=O) groups excluding carboxylic acids is 1. The van der Waals surface area contributed by atoms with Crippen molar-refractivity contribution in [3.8, 4) is 0 Å². The third-order valence-electron chi connectivity index (χ3n) is 2.24. The fourth-order valence-corrected chi connectivity index (χ4v) is 2.48. The summed E-state index contributed by atoms with van der Waals surface area (Å²) in [6.45, 7) is 0. The summed E-state index contributed by atoms with van der Waals surface area (Å²) in [6, 6.07) is 0. The van der Waals surface area contributed by atoms with E-state index in [2.05, 4.69) is 11.8 Å². The lowest BCUT2D eigenvalue weighted by Crippen LogP contribution is -1.97. The number of carbonyl (C=O) groups is 1. The van der Waals surface area contributed by atoms with Gasteiger partial charge < -0.3 is 0 Å². The molecule has 2 heteroatoms. The van der Waals surface area contributed by atoms with Crippen molar-refractivity contribution >= 4 is 17.5 Å². The first-order chi connectivity index (χ1) is 5.89. The fourth-order valence-electron chi connectivity index (χ4n) is 1.46. The van der Waals surface area contributed by atoms with E-state index in [-0.39, 0.29) is 0 Å². The standard InChI is InChI=1S/C10H18OS/c11-10-6-2-1-4-8-12-9-5-3-7-10/h1-9H2. The van der Waals surface area contributed by atoms with Gasteiger partial charge in [-0.1, -0.05) is 6.42 Å². The van der Waals surface area contributed by atoms with Gasteiger partial charge in [0.1, 0.15) is 5.78 Å². The number of thioether (sulfide) groups is 1. The predicted octanol–water partition coefficient (Wildman–Crippen LogP) is 3.03. The topological polar surface area (TPSA) is 17.1 Å². The van der Waals surface area contributed by atoms with E-state index in [1.54, 1.807) is 0 Å². The van der Waals surface area contributed by atoms with Gasteiger partial charge in [-0.2, -0.15) is 11.8 Å². The Morgan fingerprint density at radius 3 is 2.17 bits per heavy atom. The second-order valence-electron chi connectivity index (χ2n) is 3.42. The highest BCUT2D eigenvalue weighted by molar-refractivity contribution is 7.99. The largest absolute Gasteiger partial charge is 0.300 e. The van der Waals surface area contributed by atoms with Gasteiger partial charge in [0.05, 0.1) is 0 Å². The Morgan fingerprint density at radius 2 is 1.42 bits per heavy atom. The first kappa shape index (κ1) is 10.1. The molecule has 0 atom stereocenters. The minimum Gasteiger partial charge on any atom is -0.300 e. The third kappa shape index (κ3) is 4.81. The molecule has 70 valence electrons. The highest BCUT2D eigenvalue weighted by atomic mass is 32.2. The quantitative estimate of drug-likeness (QED) is 0.578. The van der Waals surface area contributed by atoms with Crippen molar-refractivity contribution in [3.05, 3.63) is 0 Å². The highest BCUT2D eigenvalue weighted by Gasteiger charge is 2.03. The molecule has 0 unspecified atom stereocenters. The van der Waals surface area contributed by atoms with Gasteiger partial charge in [0.15, 0.2) is 0 Å². The van der Waals surface area contributed by atoms with E-state index in [4.69, 9.17) is 0 Å². The molecule has 1 saturated heterocycles. The molecule has 0 amide bonds. The SMILES string of the molecule is O=C1CCCCCSCCCC1. The van der Waals surface area contributed by atoms with Crippen molar-refractivity contribution < 1.29 is 4.79 Å². The van der Waals surface area contributed by atoms with E-state index in [1.165, 1.54) is 30.8 Å². The van der Waals surface area contributed by atoms with Crippen LogP contribution in [0.5, 0.6) is 0 Å². The Labute approximate surface area is 79.3 Å². The molecule has 0 aromatic rings. The minimum atomic E-state index is 0.488. The van der Waals surface area contributed by atoms with Crippen molar-refractivity contribution in [1.29, 1.82) is 0 Å². The molecular weight excluding hydrogens is 168 g/mol. The summed E-state index contributed by atoms with van der Waals surface area (Å²) in [6.07, 6.45) is 7.70. The Bertz CT molecular complexity index is 120. The molecule has 12 heavy (non-hydrogen) atoms. The van der Waals surface area contributed by atoms with Crippen LogP contribution >= 0.6 is 11.8 Å². The molecule has 0 aromatic carbocycles. The summed E-state index contributed by atoms with van der Waals surface area (Å²) in [5.74, 6) is 3.04. The molecule has 1 nitrogen and oxygen atoms in total. The van der Waals surface area contributed by atoms with Crippen LogP contribution in [0.3, 0.4) is 0 Å². The first-order valence-electron chi connectivity index (χ1n) is 4.99. The zero-order valence-corrected chi connectivity index (χ0v) is 8.50. The van der Waals surface area contributed by atoms with Crippen LogP contribution in [0.2, 0.25) is 0 Å². The van der Waals surface area contributed by atoms with E-state index in [0.29, 0.717) is 5.78 Å². The summed E-state index contributed by atoms with van der Waals surface area (Å²) in [5.41, 5.74) is 0. The van der Waals surface area contributed by atoms with E-state index in [0.717, 1.165) is 25.7 Å². The maximum absolute atomic E-state index is 11.2. The van der Waals surface area contributed by atoms with Gasteiger partial charge in [-0.05, 0) is 37.2 Å². The Balaban J connectivity index is 2.17. The van der Waals surface area contributed by atoms with Gasteiger partial charge in [0.2, 0.25) is 0 Å². The second kappa shape index (κ2) is 6.53. The van der Waals surface area contributed by atoms with E-state index in [1.807, 2.05) is 0 Å². The van der Waals surface area contributed by atoms with Crippen molar-refractivity contribution in [2.24, 2.45) is 0 Å². The lowest BCUT2D eigenvalue weighted by atomic mass is 10.1. The molecule has 0 radical (unpaired) electrons. The van der Waals surface area contributed by atoms with Crippen LogP contribution in [0.1, 0.15) is 44.9 Å². The average Bonchev–Trinajstić information content (AvgIpc) is 2.11. The van der Waals surface area contributed by atoms with Gasteiger partial charge in [-0.3, -0.25) is 4.79 Å². The number of ketones is 1. The zero-order valence-electron chi connectivity index (χ0n) is 7.68. The maximum atomic E-state index is 11.2. The smallest absolute Gasteiger partial charge is 0.132 e. The van der Waals surface area contributed by atoms with Crippen molar-refractivity contribution in [3.63, 3.8) is 0 Å². The number of hydrogen-bond donors (Lipinski definition) is 0. The number of Topliss-reactive ketones (excluding diaryl/α,β-unsaturated/α-hetero) is 1. The Hall–Kier alpha value is 0.0200. The lowest BCUT2D eigenvalue weighted by Gasteiger charge is -1.97. The van der Waals surface area contributed by atoms with E-state index in [9.17, 15) is 4.79 Å². The van der Waals surface area contributed by atoms with Crippen LogP contribution in [0.25, 0.3) is 0 Å². The Kier molecular flexibility index (Phi) is 5.50. The highest BCUT2D eigenvalue weighted by Crippen LogP contribution is 2.14. The molecule has 0 aromatic heterocycles. The van der Waals surface area contributed by atoms with Gasteiger partial charge >= 0.3 is 0 Å². The van der Waals surface area contributed by atoms with E-state index < -0.39 is 0 Å². The normalized spacial score (nSPS) is 23.2. The average molecular weight is 186 g/mol. The van der Waals surface area contributed by atoms with Gasteiger partial charge in [0, 0.05) is 12.8 Å². The molecule has 1 heterocycles. The predicted molar refractivity (Wildman–Crippen MR) is 54.7 cm³/mol. The zero-order chi connectivity index (χ0) is 8.65. The van der Waals surface area contributed by atoms with Crippen molar-refractivity contribution in [2.45, 2.75) is 44.9 Å². The minimum absolute atomic E-state index is 0.488. The van der Waals surface area contributed by atoms with Crippen molar-refractivity contribution in [1.82, 2.24) is 0 Å². The van der Waals surface area contributed by atoms with Gasteiger partial charge in [0.25, 0.3) is 0 Å². The molecule has 0 aliphatic carbocycles. The van der Waals surface area contributed by atoms with Crippen LogP contribution in [-0.4, -0.2) is 17.3 Å². The van der Waals surface area contributed by atoms with Gasteiger partial charge in [-0.15, -0.1) is 0 Å². The molecule has 0 saturated carbocycles. The van der Waals surface area contributed by atoms with Crippen LogP contribution in [0.4, 0.5) is 0 Å². The van der Waals surface area contributed by atoms with Gasteiger partial charge in [-0.25, -0.2) is 0 Å². The molecule has 1 fully saturated rings. The second-order valence-corrected chi connectivity index (χ2v) is 4.64. The molecule has 0 bridgehead atoms. The molecule has 1 aliphatic heterocycles. The molecule has 0 N–H and O–H groups in total. The summed E-state index contributed by atoms with van der Waals surface area (Å²) >= 11 is 2.05. The van der Waals surface area contributed by atoms with Crippen LogP contribution in [-0.2, 0) is 4.79 Å². The molecular formula is C10H18OS. The fraction of sp³-hybridized carbons (Fsp3) is 0.900. The summed E-state index contributed by atoms with van der Waals surface area (Å²) in [5, 5.41) is 0. The first-order valence-corrected chi connectivity index (χ1v) is 6.14. The van der Waals surface area contributed by atoms with Crippen molar-refractivity contribution in [2.75, 3.05) is 11.5 Å². The molecule has 0 spiro atoms. The van der Waals surface area contributed by atoms with Crippen LogP contribution in [0, 0.1) is 0 Å². The van der Waals surface area contributed by atoms with Crippen LogP contribution in [0.15, 0.2) is 0 Å². The van der Waals surface area contributed by atoms with E-state index >= 15 is 0 Å². The summed E-state index contributed by atoms with van der Waals surface area (Å²) in [4.78, 5) is 11.2. The number of hydrogen-bond acceptors (Lipinski definition) is 2. The molecule has 1 aliphatic rings. The van der Waals surface area contributed by atoms with Crippen LogP contribution < -0.4 is 0 Å². The molecule has 1 rings (SSSR count). The third-order valence-corrected chi connectivity index (χ3v) is 3.39. The lowest BCUT2D eigenvalue weighted by molar-refractivity contribution is -0.119. The Morgan fingerprint density at radius 1 is 0.833 bits per heavy atom. The number of rotatable bonds is 0. The summed E-state index contributed by atoms with van der Waals surface area (Å²) < 4.78 is 0. The monoisotopic (exact) mass is 186 g/mol. The summed E-state index contributed by atoms with van der Waals surface area (Å²) in [7, 11) is 0. The maximum Gasteiger partial charge on any atom is 0.132 e.